The fourth-order valence-electron chi connectivity index (χ4n) is 3.20. The van der Waals surface area contributed by atoms with E-state index in [0.29, 0.717) is 19.1 Å². The molecule has 1 aliphatic rings. The number of rotatable bonds is 6. The van der Waals surface area contributed by atoms with Crippen LogP contribution in [0.25, 0.3) is 0 Å². The van der Waals surface area contributed by atoms with Gasteiger partial charge < -0.3 is 15.8 Å². The summed E-state index contributed by atoms with van der Waals surface area (Å²) in [6.07, 6.45) is 4.58. The third-order valence-corrected chi connectivity index (χ3v) is 4.54. The lowest BCUT2D eigenvalue weighted by Gasteiger charge is -2.25. The number of halogens is 1. The van der Waals surface area contributed by atoms with E-state index >= 15 is 0 Å². The number of aliphatic imine (C=N–C) groups is 1. The number of aryl methyl sites for hydroxylation is 2. The maximum Gasteiger partial charge on any atom is 0.193 e. The van der Waals surface area contributed by atoms with Gasteiger partial charge in [0.25, 0.3) is 0 Å². The third-order valence-electron chi connectivity index (χ3n) is 4.54. The highest BCUT2D eigenvalue weighted by atomic mass is 127. The molecule has 0 aliphatic heterocycles. The van der Waals surface area contributed by atoms with E-state index in [4.69, 9.17) is 10.5 Å². The maximum absolute atomic E-state index is 6.09. The Morgan fingerprint density at radius 2 is 1.96 bits per heavy atom. The second kappa shape index (κ2) is 10.5. The number of ether oxygens (including phenoxy) is 1. The summed E-state index contributed by atoms with van der Waals surface area (Å²) in [7, 11) is 0. The average Bonchev–Trinajstić information content (AvgIpc) is 2.63. The van der Waals surface area contributed by atoms with E-state index in [0.717, 1.165) is 18.5 Å². The molecule has 0 radical (unpaired) electrons. The molecule has 0 aromatic heterocycles. The number of nitrogens with zero attached hydrogens (tertiary/aromatic N) is 1. The number of benzene rings is 2. The molecule has 2 aromatic carbocycles. The maximum atomic E-state index is 6.09. The van der Waals surface area contributed by atoms with Crippen molar-refractivity contribution in [2.45, 2.75) is 38.7 Å². The number of hydrogen-bond acceptors (Lipinski definition) is 2. The molecule has 0 saturated heterocycles. The summed E-state index contributed by atoms with van der Waals surface area (Å²) >= 11 is 0. The predicted molar refractivity (Wildman–Crippen MR) is 119 cm³/mol. The summed E-state index contributed by atoms with van der Waals surface area (Å²) in [6.45, 7) is 3.44. The Morgan fingerprint density at radius 3 is 2.77 bits per heavy atom. The van der Waals surface area contributed by atoms with Crippen molar-refractivity contribution in [3.8, 4) is 0 Å². The fraction of sp³-hybridized carbons (Fsp3) is 0.381. The van der Waals surface area contributed by atoms with E-state index in [1.54, 1.807) is 0 Å². The molecule has 0 saturated carbocycles. The summed E-state index contributed by atoms with van der Waals surface area (Å²) in [5, 5.41) is 3.11. The van der Waals surface area contributed by atoms with Gasteiger partial charge in [-0.2, -0.15) is 0 Å². The molecule has 140 valence electrons. The zero-order valence-corrected chi connectivity index (χ0v) is 17.6. The van der Waals surface area contributed by atoms with Gasteiger partial charge in [-0.1, -0.05) is 42.0 Å². The van der Waals surface area contributed by atoms with E-state index in [2.05, 4.69) is 41.5 Å². The molecule has 0 heterocycles. The van der Waals surface area contributed by atoms with Crippen molar-refractivity contribution in [1.29, 1.82) is 0 Å². The minimum absolute atomic E-state index is 0. The van der Waals surface area contributed by atoms with Crippen LogP contribution in [0.5, 0.6) is 0 Å². The lowest BCUT2D eigenvalue weighted by molar-refractivity contribution is 0.0403. The van der Waals surface area contributed by atoms with Gasteiger partial charge >= 0.3 is 0 Å². The Labute approximate surface area is 173 Å². The van der Waals surface area contributed by atoms with Crippen LogP contribution in [-0.2, 0) is 11.2 Å². The summed E-state index contributed by atoms with van der Waals surface area (Å²) in [5.74, 6) is 0.451. The van der Waals surface area contributed by atoms with Gasteiger partial charge in [-0.05, 0) is 55.9 Å². The number of anilines is 1. The summed E-state index contributed by atoms with van der Waals surface area (Å²) in [6, 6.07) is 16.7. The molecule has 0 amide bonds. The predicted octanol–water partition coefficient (Wildman–Crippen LogP) is 4.82. The van der Waals surface area contributed by atoms with Gasteiger partial charge in [0.15, 0.2) is 5.96 Å². The van der Waals surface area contributed by atoms with Gasteiger partial charge in [0.05, 0.1) is 6.10 Å². The first kappa shape index (κ1) is 20.7. The molecular weight excluding hydrogens is 437 g/mol. The summed E-state index contributed by atoms with van der Waals surface area (Å²) < 4.78 is 6.09. The van der Waals surface area contributed by atoms with Crippen molar-refractivity contribution >= 4 is 35.6 Å². The summed E-state index contributed by atoms with van der Waals surface area (Å²) in [4.78, 5) is 4.37. The van der Waals surface area contributed by atoms with Crippen LogP contribution in [0.15, 0.2) is 53.5 Å². The van der Waals surface area contributed by atoms with Gasteiger partial charge in [0.1, 0.15) is 0 Å². The van der Waals surface area contributed by atoms with Crippen molar-refractivity contribution in [3.05, 3.63) is 65.2 Å². The number of guanidine groups is 1. The highest BCUT2D eigenvalue weighted by Crippen LogP contribution is 2.32. The van der Waals surface area contributed by atoms with Crippen molar-refractivity contribution in [2.75, 3.05) is 18.5 Å². The Morgan fingerprint density at radius 1 is 1.19 bits per heavy atom. The van der Waals surface area contributed by atoms with E-state index in [9.17, 15) is 0 Å². The molecule has 2 aromatic rings. The topological polar surface area (TPSA) is 59.6 Å². The van der Waals surface area contributed by atoms with Crippen LogP contribution in [0.4, 0.5) is 5.69 Å². The van der Waals surface area contributed by atoms with E-state index in [-0.39, 0.29) is 30.1 Å². The highest BCUT2D eigenvalue weighted by molar-refractivity contribution is 14.0. The normalized spacial score (nSPS) is 16.5. The smallest absolute Gasteiger partial charge is 0.193 e. The molecule has 4 nitrogen and oxygen atoms in total. The SMILES string of the molecule is Cc1ccc(NC(N)=NCCCOC2CCCc3ccccc32)cc1.I. The third kappa shape index (κ3) is 5.99. The molecule has 0 spiro atoms. The first-order chi connectivity index (χ1) is 12.2. The van der Waals surface area contributed by atoms with Gasteiger partial charge in [-0.3, -0.25) is 4.99 Å². The monoisotopic (exact) mass is 465 g/mol. The van der Waals surface area contributed by atoms with Crippen LogP contribution in [0.2, 0.25) is 0 Å². The number of nitrogens with one attached hydrogen (secondary N) is 1. The van der Waals surface area contributed by atoms with E-state index < -0.39 is 0 Å². The molecule has 5 heteroatoms. The van der Waals surface area contributed by atoms with Crippen LogP contribution in [0.3, 0.4) is 0 Å². The Hall–Kier alpha value is -1.60. The van der Waals surface area contributed by atoms with Crippen LogP contribution in [0, 0.1) is 6.92 Å². The summed E-state index contributed by atoms with van der Waals surface area (Å²) in [5.41, 5.74) is 10.9. The number of nitrogens with two attached hydrogens (primary N) is 1. The lowest BCUT2D eigenvalue weighted by Crippen LogP contribution is -2.23. The first-order valence-corrected chi connectivity index (χ1v) is 9.05. The number of hydrogen-bond donors (Lipinski definition) is 2. The molecule has 3 rings (SSSR count). The van der Waals surface area contributed by atoms with Gasteiger partial charge in [0.2, 0.25) is 0 Å². The van der Waals surface area contributed by atoms with Crippen molar-refractivity contribution in [1.82, 2.24) is 0 Å². The molecule has 1 aliphatic carbocycles. The minimum Gasteiger partial charge on any atom is -0.373 e. The second-order valence-electron chi connectivity index (χ2n) is 6.56. The number of fused-ring (bicyclic) bond motifs is 1. The molecule has 1 atom stereocenters. The largest absolute Gasteiger partial charge is 0.373 e. The Balaban J connectivity index is 0.00000243. The van der Waals surface area contributed by atoms with Crippen molar-refractivity contribution < 1.29 is 4.74 Å². The molecular formula is C21H28IN3O. The second-order valence-corrected chi connectivity index (χ2v) is 6.56. The molecule has 3 N–H and O–H groups in total. The standard InChI is InChI=1S/C21H27N3O.HI/c1-16-10-12-18(13-11-16)24-21(22)23-14-5-15-25-20-9-4-7-17-6-2-3-8-19(17)20;/h2-3,6,8,10-13,20H,4-5,7,9,14-15H2,1H3,(H3,22,23,24);1H. The lowest BCUT2D eigenvalue weighted by atomic mass is 9.89. The van der Waals surface area contributed by atoms with Crippen LogP contribution in [-0.4, -0.2) is 19.1 Å². The fourth-order valence-corrected chi connectivity index (χ4v) is 3.20. The zero-order chi connectivity index (χ0) is 17.5. The molecule has 0 bridgehead atoms. The molecule has 0 fully saturated rings. The van der Waals surface area contributed by atoms with Crippen LogP contribution in [0.1, 0.15) is 42.1 Å². The minimum atomic E-state index is 0. The Bertz CT molecular complexity index is 715. The van der Waals surface area contributed by atoms with Crippen molar-refractivity contribution in [2.24, 2.45) is 10.7 Å². The van der Waals surface area contributed by atoms with Crippen LogP contribution >= 0.6 is 24.0 Å². The van der Waals surface area contributed by atoms with Crippen molar-refractivity contribution in [3.63, 3.8) is 0 Å². The Kier molecular flexibility index (Phi) is 8.38. The highest BCUT2D eigenvalue weighted by Gasteiger charge is 2.19. The van der Waals surface area contributed by atoms with Gasteiger partial charge in [-0.15, -0.1) is 24.0 Å². The zero-order valence-electron chi connectivity index (χ0n) is 15.3. The molecule has 1 unspecified atom stereocenters. The quantitative estimate of drug-likeness (QED) is 0.278. The average molecular weight is 465 g/mol. The van der Waals surface area contributed by atoms with E-state index in [1.807, 2.05) is 24.3 Å². The van der Waals surface area contributed by atoms with Gasteiger partial charge in [0, 0.05) is 18.8 Å². The van der Waals surface area contributed by atoms with E-state index in [1.165, 1.54) is 29.5 Å². The molecule has 26 heavy (non-hydrogen) atoms. The van der Waals surface area contributed by atoms with Crippen LogP contribution < -0.4 is 11.1 Å². The first-order valence-electron chi connectivity index (χ1n) is 9.05. The van der Waals surface area contributed by atoms with Gasteiger partial charge in [-0.25, -0.2) is 0 Å².